The minimum atomic E-state index is 0.507. The van der Waals surface area contributed by atoms with Gasteiger partial charge in [0.1, 0.15) is 0 Å². The predicted molar refractivity (Wildman–Crippen MR) is 71.6 cm³/mol. The van der Waals surface area contributed by atoms with E-state index in [-0.39, 0.29) is 0 Å². The van der Waals surface area contributed by atoms with Crippen LogP contribution in [0.25, 0.3) is 4.96 Å². The van der Waals surface area contributed by atoms with Crippen LogP contribution < -0.4 is 5.32 Å². The Morgan fingerprint density at radius 1 is 1.62 bits per heavy atom. The fourth-order valence-electron chi connectivity index (χ4n) is 1.49. The number of halogens is 1. The Hall–Kier alpha value is -0.620. The maximum absolute atomic E-state index is 4.32. The van der Waals surface area contributed by atoms with Gasteiger partial charge in [0.2, 0.25) is 10.9 Å². The van der Waals surface area contributed by atoms with Gasteiger partial charge in [-0.25, -0.2) is 4.98 Å². The second-order valence-electron chi connectivity index (χ2n) is 3.71. The number of nitrogens with zero attached hydrogens (tertiary/aromatic N) is 3. The molecule has 0 spiro atoms. The third-order valence-corrected chi connectivity index (χ3v) is 3.91. The van der Waals surface area contributed by atoms with Crippen LogP contribution in [0.1, 0.15) is 26.2 Å². The van der Waals surface area contributed by atoms with Crippen molar-refractivity contribution < 1.29 is 0 Å². The summed E-state index contributed by atoms with van der Waals surface area (Å²) < 4.78 is 6.29. The number of alkyl halides is 1. The van der Waals surface area contributed by atoms with Gasteiger partial charge in [-0.1, -0.05) is 35.7 Å². The van der Waals surface area contributed by atoms with E-state index in [0.717, 1.165) is 17.5 Å². The molecule has 0 amide bonds. The first-order valence-corrected chi connectivity index (χ1v) is 7.17. The zero-order chi connectivity index (χ0) is 11.4. The molecule has 6 heteroatoms. The standard InChI is InChI=1S/C10H15BrN4S/c1-2-3-4-8(11)7-13-9-14-16-10-12-5-6-15(9)10/h5-6,8H,2-4,7H2,1H3,(H,13,14). The summed E-state index contributed by atoms with van der Waals surface area (Å²) in [5.41, 5.74) is 0. The number of nitrogens with one attached hydrogen (secondary N) is 1. The smallest absolute Gasteiger partial charge is 0.220 e. The van der Waals surface area contributed by atoms with Gasteiger partial charge >= 0.3 is 0 Å². The van der Waals surface area contributed by atoms with Crippen LogP contribution in [0, 0.1) is 0 Å². The van der Waals surface area contributed by atoms with Crippen molar-refractivity contribution in [1.29, 1.82) is 0 Å². The second-order valence-corrected chi connectivity index (χ2v) is 5.73. The summed E-state index contributed by atoms with van der Waals surface area (Å²) in [6.07, 6.45) is 7.41. The lowest BCUT2D eigenvalue weighted by Crippen LogP contribution is -2.15. The molecular formula is C10H15BrN4S. The van der Waals surface area contributed by atoms with Gasteiger partial charge in [0, 0.05) is 35.3 Å². The Morgan fingerprint density at radius 3 is 3.31 bits per heavy atom. The van der Waals surface area contributed by atoms with E-state index < -0.39 is 0 Å². The lowest BCUT2D eigenvalue weighted by molar-refractivity contribution is 0.702. The van der Waals surface area contributed by atoms with Crippen molar-refractivity contribution in [2.24, 2.45) is 0 Å². The van der Waals surface area contributed by atoms with Crippen molar-refractivity contribution in [2.75, 3.05) is 11.9 Å². The largest absolute Gasteiger partial charge is 0.353 e. The van der Waals surface area contributed by atoms with Crippen molar-refractivity contribution in [3.63, 3.8) is 0 Å². The number of imidazole rings is 1. The lowest BCUT2D eigenvalue weighted by atomic mass is 10.2. The molecule has 1 atom stereocenters. The van der Waals surface area contributed by atoms with Crippen LogP contribution in [0.4, 0.5) is 5.95 Å². The van der Waals surface area contributed by atoms with Crippen LogP contribution in [0.3, 0.4) is 0 Å². The third-order valence-electron chi connectivity index (χ3n) is 2.40. The highest BCUT2D eigenvalue weighted by Crippen LogP contribution is 2.16. The highest BCUT2D eigenvalue weighted by Gasteiger charge is 2.08. The first-order valence-electron chi connectivity index (χ1n) is 5.48. The molecule has 2 aromatic rings. The normalized spacial score (nSPS) is 13.1. The molecule has 0 saturated heterocycles. The van der Waals surface area contributed by atoms with E-state index in [2.05, 4.69) is 37.5 Å². The van der Waals surface area contributed by atoms with Crippen LogP contribution in [0.2, 0.25) is 0 Å². The Morgan fingerprint density at radius 2 is 2.50 bits per heavy atom. The minimum absolute atomic E-state index is 0.507. The second kappa shape index (κ2) is 5.63. The van der Waals surface area contributed by atoms with Gasteiger partial charge in [-0.15, -0.1) is 0 Å². The fraction of sp³-hybridized carbons (Fsp3) is 0.600. The van der Waals surface area contributed by atoms with Crippen LogP contribution in [0.5, 0.6) is 0 Å². The van der Waals surface area contributed by atoms with Gasteiger partial charge < -0.3 is 5.32 Å². The average Bonchev–Trinajstić information content (AvgIpc) is 2.86. The van der Waals surface area contributed by atoms with Crippen molar-refractivity contribution >= 4 is 38.4 Å². The van der Waals surface area contributed by atoms with Gasteiger partial charge in [0.05, 0.1) is 0 Å². The van der Waals surface area contributed by atoms with Gasteiger partial charge in [-0.2, -0.15) is 4.37 Å². The van der Waals surface area contributed by atoms with E-state index in [1.807, 2.05) is 10.6 Å². The monoisotopic (exact) mass is 302 g/mol. The molecule has 1 unspecified atom stereocenters. The summed E-state index contributed by atoms with van der Waals surface area (Å²) in [6.45, 7) is 3.11. The average molecular weight is 303 g/mol. The number of hydrogen-bond donors (Lipinski definition) is 1. The fourth-order valence-corrected chi connectivity index (χ4v) is 2.64. The number of fused-ring (bicyclic) bond motifs is 1. The zero-order valence-corrected chi connectivity index (χ0v) is 11.6. The number of anilines is 1. The molecule has 0 aliphatic heterocycles. The molecular weight excluding hydrogens is 288 g/mol. The Bertz CT molecular complexity index is 439. The van der Waals surface area contributed by atoms with E-state index in [1.165, 1.54) is 30.8 Å². The molecule has 88 valence electrons. The maximum atomic E-state index is 4.32. The summed E-state index contributed by atoms with van der Waals surface area (Å²) in [7, 11) is 0. The number of aromatic nitrogens is 3. The number of hydrogen-bond acceptors (Lipinski definition) is 4. The highest BCUT2D eigenvalue weighted by atomic mass is 79.9. The molecule has 2 rings (SSSR count). The summed E-state index contributed by atoms with van der Waals surface area (Å²) in [5, 5.41) is 3.34. The van der Waals surface area contributed by atoms with Crippen LogP contribution in [-0.4, -0.2) is 25.1 Å². The first-order chi connectivity index (χ1) is 7.81. The van der Waals surface area contributed by atoms with E-state index in [1.54, 1.807) is 6.20 Å². The summed E-state index contributed by atoms with van der Waals surface area (Å²) in [6, 6.07) is 0. The van der Waals surface area contributed by atoms with Gasteiger partial charge in [0.25, 0.3) is 0 Å². The highest BCUT2D eigenvalue weighted by molar-refractivity contribution is 9.09. The molecule has 1 N–H and O–H groups in total. The lowest BCUT2D eigenvalue weighted by Gasteiger charge is -2.09. The molecule has 16 heavy (non-hydrogen) atoms. The van der Waals surface area contributed by atoms with E-state index >= 15 is 0 Å². The molecule has 0 bridgehead atoms. The van der Waals surface area contributed by atoms with Crippen LogP contribution in [0.15, 0.2) is 12.4 Å². The van der Waals surface area contributed by atoms with Gasteiger partial charge in [0.15, 0.2) is 0 Å². The Balaban J connectivity index is 1.88. The van der Waals surface area contributed by atoms with Crippen molar-refractivity contribution in [2.45, 2.75) is 31.0 Å². The molecule has 4 nitrogen and oxygen atoms in total. The minimum Gasteiger partial charge on any atom is -0.353 e. The molecule has 0 aromatic carbocycles. The van der Waals surface area contributed by atoms with Crippen molar-refractivity contribution in [1.82, 2.24) is 13.8 Å². The van der Waals surface area contributed by atoms with Gasteiger partial charge in [-0.3, -0.25) is 4.40 Å². The van der Waals surface area contributed by atoms with E-state index in [0.29, 0.717) is 4.83 Å². The molecule has 0 fully saturated rings. The summed E-state index contributed by atoms with van der Waals surface area (Å²) in [4.78, 5) is 5.62. The molecule has 2 aromatic heterocycles. The Labute approximate surface area is 107 Å². The van der Waals surface area contributed by atoms with Crippen molar-refractivity contribution in [3.05, 3.63) is 12.4 Å². The third kappa shape index (κ3) is 2.74. The van der Waals surface area contributed by atoms with Crippen molar-refractivity contribution in [3.8, 4) is 0 Å². The van der Waals surface area contributed by atoms with Crippen LogP contribution in [-0.2, 0) is 0 Å². The van der Waals surface area contributed by atoms with E-state index in [4.69, 9.17) is 0 Å². The van der Waals surface area contributed by atoms with E-state index in [9.17, 15) is 0 Å². The quantitative estimate of drug-likeness (QED) is 0.834. The molecule has 0 saturated carbocycles. The van der Waals surface area contributed by atoms with Gasteiger partial charge in [-0.05, 0) is 6.42 Å². The first kappa shape index (κ1) is 11.9. The Kier molecular flexibility index (Phi) is 4.17. The SMILES string of the molecule is CCCCC(Br)CNc1nsc2nccn12. The zero-order valence-electron chi connectivity index (χ0n) is 9.19. The summed E-state index contributed by atoms with van der Waals surface area (Å²) in [5.74, 6) is 0.887. The molecule has 0 radical (unpaired) electrons. The number of unbranched alkanes of at least 4 members (excludes halogenated alkanes) is 1. The number of rotatable bonds is 6. The molecule has 0 aliphatic carbocycles. The molecule has 0 aliphatic rings. The summed E-state index contributed by atoms with van der Waals surface area (Å²) >= 11 is 5.08. The van der Waals surface area contributed by atoms with Crippen LogP contribution >= 0.6 is 27.5 Å². The molecule has 2 heterocycles. The maximum Gasteiger partial charge on any atom is 0.220 e. The predicted octanol–water partition coefficient (Wildman–Crippen LogP) is 3.16. The topological polar surface area (TPSA) is 42.2 Å².